The average Bonchev–Trinajstić information content (AvgIpc) is 3.27. The standard InChI is InChI=1S/C21H19FN4O2/c22-14-6-2-5-13(9-14)17-11-19(28-26-17)21(27)23-15-7-8-16-18(10-15)25-20(24-16)12-3-1-4-12/h2,5-10,12,19H,1,3-4,11H2,(H,23,27)(H,24,25). The number of amides is 1. The smallest absolute Gasteiger partial charge is 0.268 e. The fraction of sp³-hybridized carbons (Fsp3) is 0.286. The van der Waals surface area contributed by atoms with Crippen LogP contribution in [0, 0.1) is 5.82 Å². The summed E-state index contributed by atoms with van der Waals surface area (Å²) in [7, 11) is 0. The van der Waals surface area contributed by atoms with Crippen LogP contribution in [-0.2, 0) is 9.63 Å². The zero-order chi connectivity index (χ0) is 19.1. The molecule has 0 bridgehead atoms. The molecule has 1 unspecified atom stereocenters. The molecule has 6 nitrogen and oxygen atoms in total. The summed E-state index contributed by atoms with van der Waals surface area (Å²) in [6.45, 7) is 0. The highest BCUT2D eigenvalue weighted by Gasteiger charge is 2.29. The zero-order valence-electron chi connectivity index (χ0n) is 15.1. The minimum absolute atomic E-state index is 0.284. The molecular weight excluding hydrogens is 359 g/mol. The molecule has 0 saturated heterocycles. The number of imidazole rings is 1. The fourth-order valence-corrected chi connectivity index (χ4v) is 3.56. The van der Waals surface area contributed by atoms with E-state index in [1.807, 2.05) is 18.2 Å². The Kier molecular flexibility index (Phi) is 4.07. The number of nitrogens with one attached hydrogen (secondary N) is 2. The molecule has 1 atom stereocenters. The molecule has 2 aliphatic rings. The lowest BCUT2D eigenvalue weighted by Gasteiger charge is -2.22. The number of nitrogens with zero attached hydrogens (tertiary/aromatic N) is 2. The number of hydrogen-bond acceptors (Lipinski definition) is 4. The van der Waals surface area contributed by atoms with Crippen molar-refractivity contribution in [1.82, 2.24) is 9.97 Å². The van der Waals surface area contributed by atoms with E-state index in [0.717, 1.165) is 16.9 Å². The summed E-state index contributed by atoms with van der Waals surface area (Å²) in [5.41, 5.74) is 3.66. The Bertz CT molecular complexity index is 1090. The van der Waals surface area contributed by atoms with Gasteiger partial charge in [-0.15, -0.1) is 0 Å². The van der Waals surface area contributed by atoms with Crippen molar-refractivity contribution in [3.63, 3.8) is 0 Å². The first kappa shape index (κ1) is 16.9. The van der Waals surface area contributed by atoms with E-state index in [2.05, 4.69) is 20.4 Å². The first-order chi connectivity index (χ1) is 13.7. The van der Waals surface area contributed by atoms with E-state index in [4.69, 9.17) is 4.84 Å². The maximum Gasteiger partial charge on any atom is 0.268 e. The number of halogens is 1. The van der Waals surface area contributed by atoms with Gasteiger partial charge in [0.2, 0.25) is 6.10 Å². The maximum absolute atomic E-state index is 13.4. The van der Waals surface area contributed by atoms with Crippen LogP contribution >= 0.6 is 0 Å². The first-order valence-corrected chi connectivity index (χ1v) is 9.45. The van der Waals surface area contributed by atoms with Crippen molar-refractivity contribution in [2.75, 3.05) is 5.32 Å². The molecule has 0 spiro atoms. The van der Waals surface area contributed by atoms with Crippen LogP contribution in [0.5, 0.6) is 0 Å². The quantitative estimate of drug-likeness (QED) is 0.717. The van der Waals surface area contributed by atoms with Gasteiger partial charge in [0.15, 0.2) is 0 Å². The van der Waals surface area contributed by atoms with Crippen LogP contribution in [0.25, 0.3) is 11.0 Å². The summed E-state index contributed by atoms with van der Waals surface area (Å²) in [5, 5.41) is 6.82. The number of anilines is 1. The number of aromatic amines is 1. The lowest BCUT2D eigenvalue weighted by Crippen LogP contribution is -2.28. The molecule has 1 aromatic heterocycles. The van der Waals surface area contributed by atoms with E-state index in [0.29, 0.717) is 29.3 Å². The van der Waals surface area contributed by atoms with Crippen molar-refractivity contribution in [3.8, 4) is 0 Å². The lowest BCUT2D eigenvalue weighted by molar-refractivity contribution is -0.125. The zero-order valence-corrected chi connectivity index (χ0v) is 15.1. The first-order valence-electron chi connectivity index (χ1n) is 9.45. The molecule has 2 heterocycles. The predicted molar refractivity (Wildman–Crippen MR) is 104 cm³/mol. The average molecular weight is 378 g/mol. The van der Waals surface area contributed by atoms with Gasteiger partial charge in [-0.1, -0.05) is 23.7 Å². The van der Waals surface area contributed by atoms with Gasteiger partial charge >= 0.3 is 0 Å². The number of oxime groups is 1. The Morgan fingerprint density at radius 3 is 2.89 bits per heavy atom. The molecule has 2 N–H and O–H groups in total. The highest BCUT2D eigenvalue weighted by Crippen LogP contribution is 2.35. The highest BCUT2D eigenvalue weighted by molar-refractivity contribution is 6.06. The van der Waals surface area contributed by atoms with E-state index in [-0.39, 0.29) is 11.7 Å². The second-order valence-electron chi connectivity index (χ2n) is 7.32. The molecule has 2 aromatic carbocycles. The number of hydrogen-bond donors (Lipinski definition) is 2. The van der Waals surface area contributed by atoms with Gasteiger partial charge in [0.05, 0.1) is 16.7 Å². The molecule has 142 valence electrons. The largest absolute Gasteiger partial charge is 0.382 e. The van der Waals surface area contributed by atoms with Crippen LogP contribution in [0.3, 0.4) is 0 Å². The Morgan fingerprint density at radius 2 is 2.11 bits per heavy atom. The Balaban J connectivity index is 1.27. The van der Waals surface area contributed by atoms with E-state index >= 15 is 0 Å². The SMILES string of the molecule is O=C(Nc1ccc2nc(C3CCC3)[nH]c2c1)C1CC(c2cccc(F)c2)=NO1. The van der Waals surface area contributed by atoms with E-state index in [1.165, 1.54) is 31.4 Å². The Hall–Kier alpha value is -3.22. The van der Waals surface area contributed by atoms with Crippen LogP contribution in [0.15, 0.2) is 47.6 Å². The topological polar surface area (TPSA) is 79.4 Å². The van der Waals surface area contributed by atoms with Gasteiger partial charge in [0.25, 0.3) is 5.91 Å². The minimum Gasteiger partial charge on any atom is -0.382 e. The Morgan fingerprint density at radius 1 is 1.21 bits per heavy atom. The third kappa shape index (κ3) is 3.13. The second-order valence-corrected chi connectivity index (χ2v) is 7.32. The van der Waals surface area contributed by atoms with E-state index in [9.17, 15) is 9.18 Å². The molecule has 1 aliphatic heterocycles. The van der Waals surface area contributed by atoms with E-state index < -0.39 is 6.10 Å². The lowest BCUT2D eigenvalue weighted by atomic mass is 9.85. The number of benzene rings is 2. The number of aromatic nitrogens is 2. The van der Waals surface area contributed by atoms with Crippen LogP contribution in [-0.4, -0.2) is 27.7 Å². The molecule has 3 aromatic rings. The highest BCUT2D eigenvalue weighted by atomic mass is 19.1. The van der Waals surface area contributed by atoms with Crippen molar-refractivity contribution >= 4 is 28.3 Å². The molecule has 5 rings (SSSR count). The van der Waals surface area contributed by atoms with Gasteiger partial charge in [-0.05, 0) is 43.2 Å². The summed E-state index contributed by atoms with van der Waals surface area (Å²) >= 11 is 0. The number of H-pyrrole nitrogens is 1. The normalized spacial score (nSPS) is 19.2. The summed E-state index contributed by atoms with van der Waals surface area (Å²) in [6, 6.07) is 11.7. The van der Waals surface area contributed by atoms with Gasteiger partial charge in [-0.3, -0.25) is 4.79 Å². The van der Waals surface area contributed by atoms with Gasteiger partial charge in [0.1, 0.15) is 11.6 Å². The number of fused-ring (bicyclic) bond motifs is 1. The van der Waals surface area contributed by atoms with Gasteiger partial charge < -0.3 is 15.1 Å². The van der Waals surface area contributed by atoms with E-state index in [1.54, 1.807) is 12.1 Å². The van der Waals surface area contributed by atoms with Crippen molar-refractivity contribution in [3.05, 3.63) is 59.7 Å². The van der Waals surface area contributed by atoms with Gasteiger partial charge in [-0.2, -0.15) is 0 Å². The number of rotatable bonds is 4. The fourth-order valence-electron chi connectivity index (χ4n) is 3.56. The van der Waals surface area contributed by atoms with Crippen molar-refractivity contribution in [2.24, 2.45) is 5.16 Å². The number of carbonyl (C=O) groups is 1. The summed E-state index contributed by atoms with van der Waals surface area (Å²) in [4.78, 5) is 25.8. The minimum atomic E-state index is -0.735. The molecule has 1 fully saturated rings. The third-order valence-corrected chi connectivity index (χ3v) is 5.38. The summed E-state index contributed by atoms with van der Waals surface area (Å²) in [6.07, 6.45) is 3.17. The van der Waals surface area contributed by atoms with Crippen LogP contribution < -0.4 is 5.32 Å². The summed E-state index contributed by atoms with van der Waals surface area (Å²) in [5.74, 6) is 0.920. The van der Waals surface area contributed by atoms with Crippen molar-refractivity contribution in [1.29, 1.82) is 0 Å². The molecule has 0 radical (unpaired) electrons. The molecular formula is C21H19FN4O2. The van der Waals surface area contributed by atoms with Crippen molar-refractivity contribution < 1.29 is 14.0 Å². The van der Waals surface area contributed by atoms with Crippen LogP contribution in [0.1, 0.15) is 43.0 Å². The monoisotopic (exact) mass is 378 g/mol. The molecule has 1 aliphatic carbocycles. The Labute approximate surface area is 160 Å². The number of carbonyl (C=O) groups excluding carboxylic acids is 1. The van der Waals surface area contributed by atoms with Gasteiger partial charge in [0, 0.05) is 23.6 Å². The second kappa shape index (κ2) is 6.74. The van der Waals surface area contributed by atoms with Gasteiger partial charge in [-0.25, -0.2) is 9.37 Å². The molecule has 1 saturated carbocycles. The van der Waals surface area contributed by atoms with Crippen LogP contribution in [0.2, 0.25) is 0 Å². The molecule has 7 heteroatoms. The maximum atomic E-state index is 13.4. The van der Waals surface area contributed by atoms with Crippen molar-refractivity contribution in [2.45, 2.75) is 37.7 Å². The third-order valence-electron chi connectivity index (χ3n) is 5.38. The molecule has 28 heavy (non-hydrogen) atoms. The van der Waals surface area contributed by atoms with Crippen LogP contribution in [0.4, 0.5) is 10.1 Å². The predicted octanol–water partition coefficient (Wildman–Crippen LogP) is 4.10. The summed E-state index contributed by atoms with van der Waals surface area (Å²) < 4.78 is 13.4. The molecule has 1 amide bonds.